The molecule has 1 atom stereocenters. The SMILES string of the molecule is Cc1sc(NC(=O)CSc2ncc(-c3ccccc3)n2C[C@@H]2CCCO2)c(C#N)c1C. The van der Waals surface area contributed by atoms with Crippen LogP contribution in [0, 0.1) is 25.2 Å². The maximum Gasteiger partial charge on any atom is 0.235 e. The minimum absolute atomic E-state index is 0.143. The molecular formula is C23H24N4O2S2. The Morgan fingerprint density at radius 3 is 2.90 bits per heavy atom. The van der Waals surface area contributed by atoms with E-state index in [1.165, 1.54) is 23.1 Å². The number of nitrogens with zero attached hydrogens (tertiary/aromatic N) is 3. The van der Waals surface area contributed by atoms with Crippen LogP contribution in [0.5, 0.6) is 0 Å². The number of nitrogens with one attached hydrogen (secondary N) is 1. The molecule has 1 amide bonds. The topological polar surface area (TPSA) is 79.9 Å². The molecule has 3 aromatic rings. The number of anilines is 1. The first-order valence-electron chi connectivity index (χ1n) is 10.2. The van der Waals surface area contributed by atoms with Crippen LogP contribution < -0.4 is 5.32 Å². The molecular weight excluding hydrogens is 428 g/mol. The first kappa shape index (κ1) is 21.6. The van der Waals surface area contributed by atoms with Crippen LogP contribution in [-0.2, 0) is 16.1 Å². The largest absolute Gasteiger partial charge is 0.376 e. The van der Waals surface area contributed by atoms with E-state index in [0.717, 1.165) is 52.8 Å². The van der Waals surface area contributed by atoms with E-state index in [1.807, 2.05) is 38.2 Å². The Morgan fingerprint density at radius 1 is 1.39 bits per heavy atom. The summed E-state index contributed by atoms with van der Waals surface area (Å²) >= 11 is 2.84. The van der Waals surface area contributed by atoms with Gasteiger partial charge in [0.1, 0.15) is 11.1 Å². The third kappa shape index (κ3) is 4.85. The lowest BCUT2D eigenvalue weighted by Gasteiger charge is -2.16. The Hall–Kier alpha value is -2.60. The molecule has 0 unspecified atom stereocenters. The molecule has 1 aliphatic rings. The Bertz CT molecular complexity index is 1110. The van der Waals surface area contributed by atoms with Gasteiger partial charge >= 0.3 is 0 Å². The summed E-state index contributed by atoms with van der Waals surface area (Å²) in [7, 11) is 0. The van der Waals surface area contributed by atoms with Crippen molar-refractivity contribution in [3.8, 4) is 17.3 Å². The summed E-state index contributed by atoms with van der Waals surface area (Å²) in [4.78, 5) is 18.3. The van der Waals surface area contributed by atoms with Gasteiger partial charge in [0.25, 0.3) is 0 Å². The van der Waals surface area contributed by atoms with Crippen molar-refractivity contribution in [2.45, 2.75) is 44.5 Å². The highest BCUT2D eigenvalue weighted by molar-refractivity contribution is 7.99. The maximum absolute atomic E-state index is 12.6. The number of amides is 1. The summed E-state index contributed by atoms with van der Waals surface area (Å²) in [6.07, 6.45) is 4.14. The minimum Gasteiger partial charge on any atom is -0.376 e. The number of carbonyl (C=O) groups is 1. The third-order valence-corrected chi connectivity index (χ3v) is 7.49. The Kier molecular flexibility index (Phi) is 6.76. The Morgan fingerprint density at radius 2 is 2.19 bits per heavy atom. The number of benzene rings is 1. The fraction of sp³-hybridized carbons (Fsp3) is 0.348. The van der Waals surface area contributed by atoms with Crippen molar-refractivity contribution in [1.82, 2.24) is 9.55 Å². The molecule has 0 radical (unpaired) electrons. The van der Waals surface area contributed by atoms with Crippen molar-refractivity contribution >= 4 is 34.0 Å². The van der Waals surface area contributed by atoms with Gasteiger partial charge in [-0.25, -0.2) is 4.98 Å². The highest BCUT2D eigenvalue weighted by Gasteiger charge is 2.21. The second kappa shape index (κ2) is 9.69. The van der Waals surface area contributed by atoms with E-state index >= 15 is 0 Å². The highest BCUT2D eigenvalue weighted by Crippen LogP contribution is 2.32. The van der Waals surface area contributed by atoms with Crippen LogP contribution in [0.4, 0.5) is 5.00 Å². The molecule has 6 nitrogen and oxygen atoms in total. The molecule has 1 aromatic carbocycles. The van der Waals surface area contributed by atoms with Crippen LogP contribution in [0.3, 0.4) is 0 Å². The predicted octanol–water partition coefficient (Wildman–Crippen LogP) is 5.01. The zero-order chi connectivity index (χ0) is 21.8. The summed E-state index contributed by atoms with van der Waals surface area (Å²) in [5, 5.41) is 13.7. The molecule has 3 heterocycles. The van der Waals surface area contributed by atoms with Gasteiger partial charge in [0, 0.05) is 11.5 Å². The molecule has 0 bridgehead atoms. The van der Waals surface area contributed by atoms with Crippen molar-refractivity contribution in [2.24, 2.45) is 0 Å². The van der Waals surface area contributed by atoms with Gasteiger partial charge in [0.2, 0.25) is 5.91 Å². The van der Waals surface area contributed by atoms with Crippen LogP contribution in [0.2, 0.25) is 0 Å². The van der Waals surface area contributed by atoms with Gasteiger partial charge in [-0.15, -0.1) is 11.3 Å². The van der Waals surface area contributed by atoms with Crippen molar-refractivity contribution in [3.63, 3.8) is 0 Å². The van der Waals surface area contributed by atoms with Crippen molar-refractivity contribution in [1.29, 1.82) is 5.26 Å². The quantitative estimate of drug-likeness (QED) is 0.510. The standard InChI is InChI=1S/C23H24N4O2S2/c1-15-16(2)31-22(19(15)11-24)26-21(28)14-30-23-25-12-20(17-7-4-3-5-8-17)27(23)13-18-9-6-10-29-18/h3-5,7-8,12,18H,6,9-10,13-14H2,1-2H3,(H,26,28)/t18-/m0/s1. The van der Waals surface area contributed by atoms with Gasteiger partial charge in [0.15, 0.2) is 5.16 Å². The van der Waals surface area contributed by atoms with Gasteiger partial charge in [-0.2, -0.15) is 5.26 Å². The van der Waals surface area contributed by atoms with Gasteiger partial charge in [-0.05, 0) is 37.8 Å². The molecule has 2 aromatic heterocycles. The summed E-state index contributed by atoms with van der Waals surface area (Å²) in [6.45, 7) is 5.38. The third-order valence-electron chi connectivity index (χ3n) is 5.38. The minimum atomic E-state index is -0.143. The molecule has 8 heteroatoms. The zero-order valence-corrected chi connectivity index (χ0v) is 19.2. The van der Waals surface area contributed by atoms with Crippen LogP contribution >= 0.6 is 23.1 Å². The molecule has 1 aliphatic heterocycles. The van der Waals surface area contributed by atoms with E-state index < -0.39 is 0 Å². The van der Waals surface area contributed by atoms with E-state index in [1.54, 1.807) is 0 Å². The molecule has 0 saturated carbocycles. The smallest absolute Gasteiger partial charge is 0.235 e. The summed E-state index contributed by atoms with van der Waals surface area (Å²) < 4.78 is 8.01. The molecule has 4 rings (SSSR count). The lowest BCUT2D eigenvalue weighted by molar-refractivity contribution is -0.113. The second-order valence-corrected chi connectivity index (χ2v) is 9.64. The van der Waals surface area contributed by atoms with Crippen LogP contribution in [0.15, 0.2) is 41.7 Å². The average Bonchev–Trinajstić information content (AvgIpc) is 3.49. The first-order chi connectivity index (χ1) is 15.1. The number of aryl methyl sites for hydroxylation is 1. The van der Waals surface area contributed by atoms with E-state index in [4.69, 9.17) is 4.74 Å². The molecule has 1 saturated heterocycles. The van der Waals surface area contributed by atoms with Gasteiger partial charge in [0.05, 0.1) is 35.9 Å². The number of ether oxygens (including phenoxy) is 1. The highest BCUT2D eigenvalue weighted by atomic mass is 32.2. The number of thioether (sulfide) groups is 1. The van der Waals surface area contributed by atoms with Crippen LogP contribution in [0.25, 0.3) is 11.3 Å². The molecule has 160 valence electrons. The fourth-order valence-electron chi connectivity index (χ4n) is 3.62. The fourth-order valence-corrected chi connectivity index (χ4v) is 5.44. The lowest BCUT2D eigenvalue weighted by atomic mass is 10.1. The molecule has 1 N–H and O–H groups in total. The lowest BCUT2D eigenvalue weighted by Crippen LogP contribution is -2.18. The Balaban J connectivity index is 1.50. The molecule has 0 spiro atoms. The molecule has 31 heavy (non-hydrogen) atoms. The normalized spacial score (nSPS) is 15.7. The average molecular weight is 453 g/mol. The van der Waals surface area contributed by atoms with E-state index in [0.29, 0.717) is 10.6 Å². The maximum atomic E-state index is 12.6. The number of aromatic nitrogens is 2. The van der Waals surface area contributed by atoms with Gasteiger partial charge in [-0.1, -0.05) is 42.1 Å². The van der Waals surface area contributed by atoms with Crippen molar-refractivity contribution in [2.75, 3.05) is 17.7 Å². The van der Waals surface area contributed by atoms with E-state index in [9.17, 15) is 10.1 Å². The predicted molar refractivity (Wildman–Crippen MR) is 124 cm³/mol. The zero-order valence-electron chi connectivity index (χ0n) is 17.6. The van der Waals surface area contributed by atoms with E-state index in [-0.39, 0.29) is 17.8 Å². The summed E-state index contributed by atoms with van der Waals surface area (Å²) in [6, 6.07) is 12.3. The second-order valence-electron chi connectivity index (χ2n) is 7.47. The van der Waals surface area contributed by atoms with Crippen LogP contribution in [0.1, 0.15) is 28.8 Å². The number of hydrogen-bond donors (Lipinski definition) is 1. The number of thiophene rings is 1. The van der Waals surface area contributed by atoms with Gasteiger partial charge in [-0.3, -0.25) is 4.79 Å². The molecule has 1 fully saturated rings. The van der Waals surface area contributed by atoms with Gasteiger partial charge < -0.3 is 14.6 Å². The van der Waals surface area contributed by atoms with Crippen LogP contribution in [-0.4, -0.2) is 33.9 Å². The summed E-state index contributed by atoms with van der Waals surface area (Å²) in [5.74, 6) is 0.0770. The number of hydrogen-bond acceptors (Lipinski definition) is 6. The molecule has 0 aliphatic carbocycles. The first-order valence-corrected chi connectivity index (χ1v) is 12.0. The summed E-state index contributed by atoms with van der Waals surface area (Å²) in [5.41, 5.74) is 3.59. The monoisotopic (exact) mass is 452 g/mol. The van der Waals surface area contributed by atoms with Crippen molar-refractivity contribution < 1.29 is 9.53 Å². The number of nitriles is 1. The Labute approximate surface area is 190 Å². The number of rotatable bonds is 7. The van der Waals surface area contributed by atoms with E-state index in [2.05, 4.69) is 33.1 Å². The number of imidazole rings is 1. The number of carbonyl (C=O) groups excluding carboxylic acids is 1. The van der Waals surface area contributed by atoms with Crippen molar-refractivity contribution in [3.05, 3.63) is 52.5 Å².